The van der Waals surface area contributed by atoms with Gasteiger partial charge in [-0.2, -0.15) is 0 Å². The number of aromatic nitrogens is 2. The highest BCUT2D eigenvalue weighted by Gasteiger charge is 2.17. The average molecular weight is 206 g/mol. The Morgan fingerprint density at radius 2 is 1.93 bits per heavy atom. The second kappa shape index (κ2) is 3.27. The molecule has 0 aliphatic heterocycles. The third-order valence-corrected chi connectivity index (χ3v) is 2.19. The van der Waals surface area contributed by atoms with Gasteiger partial charge in [-0.25, -0.2) is 4.79 Å². The van der Waals surface area contributed by atoms with E-state index in [1.807, 2.05) is 19.1 Å². The van der Waals surface area contributed by atoms with E-state index in [1.54, 1.807) is 12.1 Å². The van der Waals surface area contributed by atoms with Gasteiger partial charge in [0.15, 0.2) is 0 Å². The van der Waals surface area contributed by atoms with Crippen LogP contribution in [-0.2, 0) is 7.05 Å². The molecule has 5 heteroatoms. The Bertz CT molecular complexity index is 537. The molecule has 0 aliphatic carbocycles. The zero-order chi connectivity index (χ0) is 11.0. The van der Waals surface area contributed by atoms with Gasteiger partial charge in [0, 0.05) is 5.56 Å². The number of nitrogens with zero attached hydrogens (tertiary/aromatic N) is 2. The Kier molecular flexibility index (Phi) is 2.07. The first-order chi connectivity index (χ1) is 7.09. The Morgan fingerprint density at radius 1 is 1.33 bits per heavy atom. The third kappa shape index (κ3) is 1.52. The number of hydrogen-bond acceptors (Lipinski definition) is 3. The molecule has 78 valence electrons. The fraction of sp³-hybridized carbons (Fsp3) is 0.200. The summed E-state index contributed by atoms with van der Waals surface area (Å²) in [5.41, 5.74) is 1.20. The fourth-order valence-corrected chi connectivity index (χ4v) is 1.36. The van der Waals surface area contributed by atoms with Gasteiger partial charge in [-0.05, 0) is 24.0 Å². The molecule has 0 fully saturated rings. The predicted octanol–water partition coefficient (Wildman–Crippen LogP) is 0.587. The van der Waals surface area contributed by atoms with Gasteiger partial charge in [0.1, 0.15) is 7.05 Å². The maximum Gasteiger partial charge on any atom is 0.401 e. The van der Waals surface area contributed by atoms with Crippen LogP contribution in [-0.4, -0.2) is 4.74 Å². The van der Waals surface area contributed by atoms with Crippen LogP contribution >= 0.6 is 0 Å². The minimum atomic E-state index is -0.436. The van der Waals surface area contributed by atoms with Gasteiger partial charge in [0.05, 0.1) is 0 Å². The van der Waals surface area contributed by atoms with Crippen LogP contribution < -0.4 is 10.5 Å². The van der Waals surface area contributed by atoms with Gasteiger partial charge in [0.2, 0.25) is 0 Å². The number of rotatable bonds is 1. The van der Waals surface area contributed by atoms with Crippen molar-refractivity contribution in [2.45, 2.75) is 6.92 Å². The van der Waals surface area contributed by atoms with E-state index in [2.05, 4.69) is 4.63 Å². The lowest BCUT2D eigenvalue weighted by Crippen LogP contribution is -2.27. The van der Waals surface area contributed by atoms with Gasteiger partial charge in [0.25, 0.3) is 5.69 Å². The van der Waals surface area contributed by atoms with E-state index in [4.69, 9.17) is 0 Å². The quantitative estimate of drug-likeness (QED) is 0.641. The molecule has 1 aromatic carbocycles. The first kappa shape index (κ1) is 9.51. The average Bonchev–Trinajstić information content (AvgIpc) is 2.44. The van der Waals surface area contributed by atoms with Crippen LogP contribution in [0.4, 0.5) is 0 Å². The van der Waals surface area contributed by atoms with Gasteiger partial charge in [-0.3, -0.25) is 4.63 Å². The van der Waals surface area contributed by atoms with Crippen LogP contribution in [0.1, 0.15) is 5.56 Å². The monoisotopic (exact) mass is 206 g/mol. The molecule has 2 rings (SSSR count). The second-order valence-electron chi connectivity index (χ2n) is 3.36. The van der Waals surface area contributed by atoms with Crippen molar-refractivity contribution in [2.24, 2.45) is 7.05 Å². The zero-order valence-electron chi connectivity index (χ0n) is 8.43. The summed E-state index contributed by atoms with van der Waals surface area (Å²) >= 11 is 0. The molecular weight excluding hydrogens is 196 g/mol. The maximum atomic E-state index is 11.5. The Hall–Kier alpha value is -2.04. The molecule has 1 aromatic heterocycles. The molecule has 2 aromatic rings. The van der Waals surface area contributed by atoms with Crippen molar-refractivity contribution in [3.05, 3.63) is 45.4 Å². The lowest BCUT2D eigenvalue weighted by Gasteiger charge is -1.95. The van der Waals surface area contributed by atoms with Crippen molar-refractivity contribution < 1.29 is 9.53 Å². The van der Waals surface area contributed by atoms with E-state index in [0.717, 1.165) is 10.3 Å². The van der Waals surface area contributed by atoms with Crippen molar-refractivity contribution in [1.29, 1.82) is 0 Å². The van der Waals surface area contributed by atoms with Crippen LogP contribution in [0.3, 0.4) is 0 Å². The number of aryl methyl sites for hydroxylation is 2. The molecule has 15 heavy (non-hydrogen) atoms. The molecule has 0 saturated carbocycles. The lowest BCUT2D eigenvalue weighted by atomic mass is 10.1. The van der Waals surface area contributed by atoms with Crippen LogP contribution in [0, 0.1) is 12.1 Å². The van der Waals surface area contributed by atoms with E-state index in [0.29, 0.717) is 5.56 Å². The van der Waals surface area contributed by atoms with Crippen LogP contribution in [0.25, 0.3) is 11.3 Å². The molecule has 0 amide bonds. The van der Waals surface area contributed by atoms with E-state index in [9.17, 15) is 10.0 Å². The van der Waals surface area contributed by atoms with Gasteiger partial charge >= 0.3 is 5.56 Å². The summed E-state index contributed by atoms with van der Waals surface area (Å²) in [4.78, 5) is 11.8. The molecule has 0 radical (unpaired) electrons. The van der Waals surface area contributed by atoms with Crippen LogP contribution in [0.5, 0.6) is 0 Å². The predicted molar refractivity (Wildman–Crippen MR) is 53.1 cm³/mol. The Morgan fingerprint density at radius 3 is 2.40 bits per heavy atom. The van der Waals surface area contributed by atoms with E-state index >= 15 is 0 Å². The molecule has 0 aliphatic rings. The van der Waals surface area contributed by atoms with Gasteiger partial charge in [-0.15, -0.1) is 4.74 Å². The molecule has 1 heterocycles. The highest BCUT2D eigenvalue weighted by molar-refractivity contribution is 5.55. The van der Waals surface area contributed by atoms with Crippen LogP contribution in [0.2, 0.25) is 0 Å². The molecule has 0 atom stereocenters. The van der Waals surface area contributed by atoms with Crippen molar-refractivity contribution in [3.63, 3.8) is 0 Å². The normalized spacial score (nSPS) is 10.5. The molecule has 0 unspecified atom stereocenters. The van der Waals surface area contributed by atoms with Crippen molar-refractivity contribution in [1.82, 2.24) is 4.74 Å². The summed E-state index contributed by atoms with van der Waals surface area (Å²) in [6.45, 7) is 1.93. The van der Waals surface area contributed by atoms with Crippen molar-refractivity contribution in [3.8, 4) is 11.3 Å². The lowest BCUT2D eigenvalue weighted by molar-refractivity contribution is -0.798. The zero-order valence-corrected chi connectivity index (χ0v) is 8.43. The smallest absolute Gasteiger partial charge is 0.359 e. The molecule has 0 N–H and O–H groups in total. The summed E-state index contributed by atoms with van der Waals surface area (Å²) in [7, 11) is 1.40. The first-order valence-corrected chi connectivity index (χ1v) is 4.47. The molecule has 0 spiro atoms. The minimum Gasteiger partial charge on any atom is -0.359 e. The summed E-state index contributed by atoms with van der Waals surface area (Å²) in [6.07, 6.45) is 0. The van der Waals surface area contributed by atoms with E-state index in [1.165, 1.54) is 7.05 Å². The summed E-state index contributed by atoms with van der Waals surface area (Å²) in [5.74, 6) is 0. The van der Waals surface area contributed by atoms with E-state index < -0.39 is 5.56 Å². The topological polar surface area (TPSA) is 62.1 Å². The molecule has 5 nitrogen and oxygen atoms in total. The highest BCUT2D eigenvalue weighted by Crippen LogP contribution is 2.12. The van der Waals surface area contributed by atoms with Gasteiger partial charge < -0.3 is 5.21 Å². The SMILES string of the molecule is Cc1ccc(-c2c(=O)n(C)o[n+]2[O-])cc1. The second-order valence-corrected chi connectivity index (χ2v) is 3.36. The number of hydrogen-bond donors (Lipinski definition) is 0. The Labute approximate surface area is 85.7 Å². The summed E-state index contributed by atoms with van der Waals surface area (Å²) in [5, 5.41) is 11.3. The molecule has 0 saturated heterocycles. The van der Waals surface area contributed by atoms with Crippen LogP contribution in [0.15, 0.2) is 33.7 Å². The highest BCUT2D eigenvalue weighted by atomic mass is 16.8. The number of benzene rings is 1. The fourth-order valence-electron chi connectivity index (χ4n) is 1.36. The molecular formula is C10H10N2O3. The largest absolute Gasteiger partial charge is 0.401 e. The standard InChI is InChI=1S/C10H10N2O3/c1-7-3-5-8(6-4-7)9-10(13)11(2)15-12(9)14/h3-6H,1-2H3. The minimum absolute atomic E-state index is 0.0116. The van der Waals surface area contributed by atoms with E-state index in [-0.39, 0.29) is 10.6 Å². The van der Waals surface area contributed by atoms with Gasteiger partial charge in [-0.1, -0.05) is 17.7 Å². The Balaban J connectivity index is 2.64. The molecule has 0 bridgehead atoms. The van der Waals surface area contributed by atoms with Crippen molar-refractivity contribution in [2.75, 3.05) is 0 Å². The summed E-state index contributed by atoms with van der Waals surface area (Å²) < 4.78 is 5.50. The maximum absolute atomic E-state index is 11.5. The third-order valence-electron chi connectivity index (χ3n) is 2.19. The first-order valence-electron chi connectivity index (χ1n) is 4.47. The van der Waals surface area contributed by atoms with Crippen molar-refractivity contribution >= 4 is 0 Å². The summed E-state index contributed by atoms with van der Waals surface area (Å²) in [6, 6.07) is 7.11.